The zero-order chi connectivity index (χ0) is 25.4. The van der Waals surface area contributed by atoms with Crippen molar-refractivity contribution in [2.75, 3.05) is 17.2 Å². The van der Waals surface area contributed by atoms with E-state index >= 15 is 0 Å². The summed E-state index contributed by atoms with van der Waals surface area (Å²) in [4.78, 5) is 18.3. The van der Waals surface area contributed by atoms with Crippen molar-refractivity contribution in [3.63, 3.8) is 0 Å². The predicted molar refractivity (Wildman–Crippen MR) is 141 cm³/mol. The zero-order valence-electron chi connectivity index (χ0n) is 20.4. The highest BCUT2D eigenvalue weighted by Crippen LogP contribution is 2.40. The summed E-state index contributed by atoms with van der Waals surface area (Å²) in [7, 11) is 0. The molecule has 1 aromatic carbocycles. The molecule has 9 nitrogen and oxygen atoms in total. The molecule has 5 N–H and O–H groups in total. The van der Waals surface area contributed by atoms with Gasteiger partial charge in [-0.05, 0) is 45.2 Å². The van der Waals surface area contributed by atoms with Gasteiger partial charge in [-0.3, -0.25) is 4.98 Å². The van der Waals surface area contributed by atoms with Crippen molar-refractivity contribution in [2.45, 2.75) is 51.5 Å². The van der Waals surface area contributed by atoms with Crippen molar-refractivity contribution >= 4 is 33.3 Å². The molecule has 1 fully saturated rings. The van der Waals surface area contributed by atoms with Gasteiger partial charge >= 0.3 is 0 Å². The number of nitrogens with zero attached hydrogens (tertiary/aromatic N) is 4. The molecular formula is C26H30N6O3S. The highest BCUT2D eigenvalue weighted by Gasteiger charge is 2.47. The van der Waals surface area contributed by atoms with E-state index < -0.39 is 17.7 Å². The van der Waals surface area contributed by atoms with Gasteiger partial charge in [0.25, 0.3) is 0 Å². The van der Waals surface area contributed by atoms with E-state index in [1.54, 1.807) is 12.4 Å². The van der Waals surface area contributed by atoms with Gasteiger partial charge in [0.05, 0.1) is 28.2 Å². The number of hydrogen-bond acceptors (Lipinski definition) is 10. The topological polar surface area (TPSA) is 136 Å². The summed E-state index contributed by atoms with van der Waals surface area (Å²) >= 11 is 1.48. The Kier molecular flexibility index (Phi) is 6.60. The Hall–Kier alpha value is -3.18. The second-order valence-electron chi connectivity index (χ2n) is 9.47. The lowest BCUT2D eigenvalue weighted by atomic mass is 10.0. The molecule has 0 bridgehead atoms. The van der Waals surface area contributed by atoms with Crippen LogP contribution in [-0.4, -0.2) is 53.7 Å². The molecule has 4 atom stereocenters. The number of anilines is 2. The van der Waals surface area contributed by atoms with Crippen LogP contribution in [0.25, 0.3) is 20.8 Å². The zero-order valence-corrected chi connectivity index (χ0v) is 21.3. The first-order valence-corrected chi connectivity index (χ1v) is 12.8. The Morgan fingerprint density at radius 3 is 2.61 bits per heavy atom. The van der Waals surface area contributed by atoms with Crippen LogP contribution in [0.1, 0.15) is 42.6 Å². The van der Waals surface area contributed by atoms with E-state index in [4.69, 9.17) is 15.0 Å². The van der Waals surface area contributed by atoms with Gasteiger partial charge in [0, 0.05) is 18.7 Å². The first kappa shape index (κ1) is 24.5. The van der Waals surface area contributed by atoms with E-state index in [1.165, 1.54) is 16.9 Å². The molecule has 4 unspecified atom stereocenters. The molecule has 0 saturated heterocycles. The molecule has 1 aliphatic carbocycles. The van der Waals surface area contributed by atoms with Crippen LogP contribution in [0, 0.1) is 19.8 Å². The summed E-state index contributed by atoms with van der Waals surface area (Å²) in [6.07, 6.45) is 3.04. The fourth-order valence-electron chi connectivity index (χ4n) is 4.64. The van der Waals surface area contributed by atoms with Gasteiger partial charge in [0.1, 0.15) is 22.4 Å². The lowest BCUT2D eigenvalue weighted by molar-refractivity contribution is -0.0545. The van der Waals surface area contributed by atoms with E-state index in [0.717, 1.165) is 15.8 Å². The number of thiazole rings is 1. The quantitative estimate of drug-likeness (QED) is 0.237. The van der Waals surface area contributed by atoms with Crippen LogP contribution in [0.2, 0.25) is 0 Å². The Morgan fingerprint density at radius 2 is 1.92 bits per heavy atom. The fourth-order valence-corrected chi connectivity index (χ4v) is 5.67. The van der Waals surface area contributed by atoms with Gasteiger partial charge in [-0.25, -0.2) is 9.97 Å². The SMILES string of the molecule is Cc1ccc(C(C)Nc2nc(C)c(-c3nc4cnccc4s3)c(NC3(O)CCC(CO)C3O)n2)cc1. The minimum atomic E-state index is -1.64. The molecule has 0 spiro atoms. The molecule has 3 heterocycles. The molecular weight excluding hydrogens is 476 g/mol. The van der Waals surface area contributed by atoms with E-state index in [9.17, 15) is 15.3 Å². The normalized spacial score (nSPS) is 22.6. The standard InChI is InChI=1S/C26H30N6O3S/c1-14-4-6-17(7-5-14)15(2)28-25-29-16(3)21(24-30-19-12-27-11-9-20(19)36-24)23(31-25)32-26(35)10-8-18(13-33)22(26)34/h4-7,9,11-12,15,18,22,33-35H,8,10,13H2,1-3H3,(H2,28,29,31,32). The van der Waals surface area contributed by atoms with E-state index in [2.05, 4.69) is 39.9 Å². The molecule has 1 saturated carbocycles. The summed E-state index contributed by atoms with van der Waals surface area (Å²) in [5, 5.41) is 38.8. The second-order valence-corrected chi connectivity index (χ2v) is 10.5. The smallest absolute Gasteiger partial charge is 0.225 e. The second kappa shape index (κ2) is 9.70. The molecule has 1 aliphatic rings. The van der Waals surface area contributed by atoms with Crippen LogP contribution in [0.15, 0.2) is 42.7 Å². The molecule has 4 aromatic rings. The number of rotatable bonds is 7. The maximum Gasteiger partial charge on any atom is 0.225 e. The first-order chi connectivity index (χ1) is 17.3. The van der Waals surface area contributed by atoms with Crippen LogP contribution in [0.5, 0.6) is 0 Å². The Bertz CT molecular complexity index is 1350. The van der Waals surface area contributed by atoms with Crippen molar-refractivity contribution in [3.05, 3.63) is 59.5 Å². The third-order valence-electron chi connectivity index (χ3n) is 6.82. The number of aryl methyl sites for hydroxylation is 2. The maximum absolute atomic E-state index is 11.3. The summed E-state index contributed by atoms with van der Waals surface area (Å²) in [5.41, 5.74) is 2.73. The monoisotopic (exact) mass is 506 g/mol. The van der Waals surface area contributed by atoms with Crippen molar-refractivity contribution in [2.24, 2.45) is 5.92 Å². The highest BCUT2D eigenvalue weighted by atomic mass is 32.1. The number of fused-ring (bicyclic) bond motifs is 1. The van der Waals surface area contributed by atoms with Gasteiger partial charge < -0.3 is 26.0 Å². The van der Waals surface area contributed by atoms with Crippen molar-refractivity contribution in [3.8, 4) is 10.6 Å². The molecule has 3 aromatic heterocycles. The van der Waals surface area contributed by atoms with Gasteiger partial charge in [-0.2, -0.15) is 4.98 Å². The molecule has 0 radical (unpaired) electrons. The lowest BCUT2D eigenvalue weighted by Gasteiger charge is -2.31. The summed E-state index contributed by atoms with van der Waals surface area (Å²) < 4.78 is 0.973. The Balaban J connectivity index is 1.55. The average molecular weight is 507 g/mol. The molecule has 0 aliphatic heterocycles. The number of nitrogens with one attached hydrogen (secondary N) is 2. The van der Waals surface area contributed by atoms with Crippen molar-refractivity contribution in [1.82, 2.24) is 19.9 Å². The minimum absolute atomic E-state index is 0.0591. The first-order valence-electron chi connectivity index (χ1n) is 12.0. The number of benzene rings is 1. The van der Waals surface area contributed by atoms with E-state index in [0.29, 0.717) is 34.5 Å². The van der Waals surface area contributed by atoms with Gasteiger partial charge in [0.2, 0.25) is 5.95 Å². The van der Waals surface area contributed by atoms with Crippen LogP contribution < -0.4 is 10.6 Å². The third kappa shape index (κ3) is 4.64. The molecule has 10 heteroatoms. The van der Waals surface area contributed by atoms with Gasteiger partial charge in [-0.1, -0.05) is 29.8 Å². The third-order valence-corrected chi connectivity index (χ3v) is 7.87. The number of aromatic nitrogens is 4. The van der Waals surface area contributed by atoms with Crippen LogP contribution >= 0.6 is 11.3 Å². The van der Waals surface area contributed by atoms with E-state index in [1.807, 2.05) is 26.8 Å². The fraction of sp³-hybridized carbons (Fsp3) is 0.385. The maximum atomic E-state index is 11.3. The number of aliphatic hydroxyl groups excluding tert-OH is 2. The summed E-state index contributed by atoms with van der Waals surface area (Å²) in [6, 6.07) is 10.1. The van der Waals surface area contributed by atoms with Gasteiger partial charge in [-0.15, -0.1) is 11.3 Å². The van der Waals surface area contributed by atoms with Crippen LogP contribution in [0.3, 0.4) is 0 Å². The highest BCUT2D eigenvalue weighted by molar-refractivity contribution is 7.21. The molecule has 36 heavy (non-hydrogen) atoms. The molecule has 5 rings (SSSR count). The summed E-state index contributed by atoms with van der Waals surface area (Å²) in [5.74, 6) is 0.347. The molecule has 0 amide bonds. The largest absolute Gasteiger partial charge is 0.396 e. The number of hydrogen-bond donors (Lipinski definition) is 5. The summed E-state index contributed by atoms with van der Waals surface area (Å²) in [6.45, 7) is 5.75. The Labute approximate surface area is 213 Å². The predicted octanol–water partition coefficient (Wildman–Crippen LogP) is 3.80. The van der Waals surface area contributed by atoms with Crippen LogP contribution in [-0.2, 0) is 0 Å². The average Bonchev–Trinajstić information content (AvgIpc) is 3.39. The van der Waals surface area contributed by atoms with Gasteiger partial charge in [0.15, 0.2) is 5.72 Å². The van der Waals surface area contributed by atoms with E-state index in [-0.39, 0.29) is 19.1 Å². The Morgan fingerprint density at radius 1 is 1.14 bits per heavy atom. The lowest BCUT2D eigenvalue weighted by Crippen LogP contribution is -2.48. The van der Waals surface area contributed by atoms with Crippen molar-refractivity contribution < 1.29 is 15.3 Å². The molecule has 188 valence electrons. The van der Waals surface area contributed by atoms with Crippen LogP contribution in [0.4, 0.5) is 11.8 Å². The number of aliphatic hydroxyl groups is 3. The van der Waals surface area contributed by atoms with Crippen molar-refractivity contribution in [1.29, 1.82) is 0 Å². The number of pyridine rings is 1. The minimum Gasteiger partial charge on any atom is -0.396 e.